The van der Waals surface area contributed by atoms with E-state index in [-0.39, 0.29) is 17.4 Å². The maximum absolute atomic E-state index is 12.8. The number of unbranched alkanes of at least 4 members (excludes halogenated alkanes) is 3. The Hall–Kier alpha value is -1.70. The van der Waals surface area contributed by atoms with Crippen molar-refractivity contribution in [3.63, 3.8) is 0 Å². The van der Waals surface area contributed by atoms with Crippen molar-refractivity contribution in [2.24, 2.45) is 0 Å². The highest BCUT2D eigenvalue weighted by Gasteiger charge is 2.34. The Morgan fingerprint density at radius 3 is 2.52 bits per heavy atom. The fraction of sp³-hybridized carbons (Fsp3) is 0.562. The number of alkyl halides is 3. The molecule has 0 bridgehead atoms. The molecule has 116 valence electrons. The van der Waals surface area contributed by atoms with Gasteiger partial charge >= 0.3 is 6.18 Å². The van der Waals surface area contributed by atoms with Crippen molar-refractivity contribution in [3.8, 4) is 11.8 Å². The van der Waals surface area contributed by atoms with Crippen LogP contribution in [0.3, 0.4) is 0 Å². The standard InChI is InChI=1S/C16H20F3NO/c1-3-4-5-6-7-12(2)21-14-9-8-13(11-20)15(10-14)16(17,18)19/h8-10,12H,3-7H2,1-2H3. The Balaban J connectivity index is 2.70. The van der Waals surface area contributed by atoms with Gasteiger partial charge in [-0.2, -0.15) is 18.4 Å². The molecule has 0 aromatic heterocycles. The van der Waals surface area contributed by atoms with Crippen molar-refractivity contribution < 1.29 is 17.9 Å². The third kappa shape index (κ3) is 5.66. The number of benzene rings is 1. The molecule has 1 unspecified atom stereocenters. The lowest BCUT2D eigenvalue weighted by Gasteiger charge is -2.16. The van der Waals surface area contributed by atoms with Gasteiger partial charge in [0.15, 0.2) is 0 Å². The van der Waals surface area contributed by atoms with E-state index in [1.54, 1.807) is 6.07 Å². The summed E-state index contributed by atoms with van der Waals surface area (Å²) in [6.45, 7) is 3.97. The van der Waals surface area contributed by atoms with E-state index in [1.165, 1.54) is 6.07 Å². The van der Waals surface area contributed by atoms with Crippen LogP contribution in [0.2, 0.25) is 0 Å². The van der Waals surface area contributed by atoms with Crippen molar-refractivity contribution in [1.29, 1.82) is 5.26 Å². The topological polar surface area (TPSA) is 33.0 Å². The molecule has 1 atom stereocenters. The third-order valence-corrected chi connectivity index (χ3v) is 3.22. The molecule has 0 aliphatic carbocycles. The lowest BCUT2D eigenvalue weighted by atomic mass is 10.1. The number of ether oxygens (including phenoxy) is 1. The molecular formula is C16H20F3NO. The number of halogens is 3. The minimum Gasteiger partial charge on any atom is -0.491 e. The molecule has 0 saturated carbocycles. The summed E-state index contributed by atoms with van der Waals surface area (Å²) >= 11 is 0. The minimum atomic E-state index is -4.55. The van der Waals surface area contributed by atoms with Crippen molar-refractivity contribution in [2.45, 2.75) is 58.2 Å². The summed E-state index contributed by atoms with van der Waals surface area (Å²) in [5, 5.41) is 8.73. The van der Waals surface area contributed by atoms with Crippen molar-refractivity contribution in [1.82, 2.24) is 0 Å². The van der Waals surface area contributed by atoms with E-state index >= 15 is 0 Å². The molecule has 0 heterocycles. The maximum Gasteiger partial charge on any atom is 0.417 e. The van der Waals surface area contributed by atoms with Gasteiger partial charge in [0.1, 0.15) is 5.75 Å². The van der Waals surface area contributed by atoms with Gasteiger partial charge in [-0.25, -0.2) is 0 Å². The zero-order valence-corrected chi connectivity index (χ0v) is 12.3. The van der Waals surface area contributed by atoms with Crippen molar-refractivity contribution in [2.75, 3.05) is 0 Å². The molecule has 0 amide bonds. The van der Waals surface area contributed by atoms with Crippen LogP contribution in [-0.2, 0) is 6.18 Å². The highest BCUT2D eigenvalue weighted by Crippen LogP contribution is 2.34. The van der Waals surface area contributed by atoms with Gasteiger partial charge in [-0.15, -0.1) is 0 Å². The van der Waals surface area contributed by atoms with E-state index in [1.807, 2.05) is 6.92 Å². The second-order valence-electron chi connectivity index (χ2n) is 5.09. The summed E-state index contributed by atoms with van der Waals surface area (Å²) in [6, 6.07) is 5.03. The van der Waals surface area contributed by atoms with Crippen LogP contribution in [-0.4, -0.2) is 6.10 Å². The maximum atomic E-state index is 12.8. The van der Waals surface area contributed by atoms with Crippen molar-refractivity contribution >= 4 is 0 Å². The zero-order chi connectivity index (χ0) is 15.9. The summed E-state index contributed by atoms with van der Waals surface area (Å²) < 4.78 is 44.0. The molecule has 0 aliphatic heterocycles. The zero-order valence-electron chi connectivity index (χ0n) is 12.3. The Labute approximate surface area is 123 Å². The van der Waals surface area contributed by atoms with Gasteiger partial charge in [-0.05, 0) is 38.0 Å². The van der Waals surface area contributed by atoms with Gasteiger partial charge in [0.2, 0.25) is 0 Å². The first-order valence-corrected chi connectivity index (χ1v) is 7.16. The van der Waals surface area contributed by atoms with Crippen LogP contribution in [0.5, 0.6) is 5.75 Å². The van der Waals surface area contributed by atoms with E-state index in [4.69, 9.17) is 10.00 Å². The molecule has 5 heteroatoms. The largest absolute Gasteiger partial charge is 0.491 e. The quantitative estimate of drug-likeness (QED) is 0.639. The van der Waals surface area contributed by atoms with E-state index in [0.29, 0.717) is 0 Å². The molecule has 1 rings (SSSR count). The van der Waals surface area contributed by atoms with Gasteiger partial charge in [-0.1, -0.05) is 26.2 Å². The Morgan fingerprint density at radius 1 is 1.24 bits per heavy atom. The lowest BCUT2D eigenvalue weighted by Crippen LogP contribution is -2.13. The van der Waals surface area contributed by atoms with Crippen LogP contribution < -0.4 is 4.74 Å². The summed E-state index contributed by atoms with van der Waals surface area (Å²) in [4.78, 5) is 0. The average Bonchev–Trinajstić information content (AvgIpc) is 2.42. The Kier molecular flexibility index (Phi) is 6.54. The van der Waals surface area contributed by atoms with Crippen LogP contribution >= 0.6 is 0 Å². The SMILES string of the molecule is CCCCCCC(C)Oc1ccc(C#N)c(C(F)(F)F)c1. The molecule has 21 heavy (non-hydrogen) atoms. The molecule has 0 saturated heterocycles. The number of hydrogen-bond acceptors (Lipinski definition) is 2. The molecule has 0 aliphatic rings. The van der Waals surface area contributed by atoms with Gasteiger partial charge in [0.05, 0.1) is 23.3 Å². The third-order valence-electron chi connectivity index (χ3n) is 3.22. The normalized spacial score (nSPS) is 12.8. The van der Waals surface area contributed by atoms with E-state index < -0.39 is 11.7 Å². The smallest absolute Gasteiger partial charge is 0.417 e. The lowest BCUT2D eigenvalue weighted by molar-refractivity contribution is -0.137. The van der Waals surface area contributed by atoms with Crippen LogP contribution in [0.4, 0.5) is 13.2 Å². The summed E-state index contributed by atoms with van der Waals surface area (Å²) in [5.41, 5.74) is -1.33. The van der Waals surface area contributed by atoms with Crippen LogP contribution in [0.25, 0.3) is 0 Å². The fourth-order valence-electron chi connectivity index (χ4n) is 2.08. The molecular weight excluding hydrogens is 279 g/mol. The highest BCUT2D eigenvalue weighted by atomic mass is 19.4. The van der Waals surface area contributed by atoms with Gasteiger partial charge in [-0.3, -0.25) is 0 Å². The predicted octanol–water partition coefficient (Wildman–Crippen LogP) is 5.31. The van der Waals surface area contributed by atoms with E-state index in [0.717, 1.165) is 44.2 Å². The number of rotatable bonds is 7. The first-order chi connectivity index (χ1) is 9.88. The van der Waals surface area contributed by atoms with Gasteiger partial charge in [0.25, 0.3) is 0 Å². The number of hydrogen-bond donors (Lipinski definition) is 0. The first kappa shape index (κ1) is 17.4. The van der Waals surface area contributed by atoms with Crippen LogP contribution in [0, 0.1) is 11.3 Å². The van der Waals surface area contributed by atoms with Gasteiger partial charge in [0, 0.05) is 0 Å². The Bertz CT molecular complexity index is 491. The number of nitrogens with zero attached hydrogens (tertiary/aromatic N) is 1. The Morgan fingerprint density at radius 2 is 1.95 bits per heavy atom. The van der Waals surface area contributed by atoms with E-state index in [9.17, 15) is 13.2 Å². The predicted molar refractivity (Wildman–Crippen MR) is 75.0 cm³/mol. The van der Waals surface area contributed by atoms with Gasteiger partial charge < -0.3 is 4.74 Å². The molecule has 2 nitrogen and oxygen atoms in total. The molecule has 1 aromatic rings. The highest BCUT2D eigenvalue weighted by molar-refractivity contribution is 5.44. The second-order valence-corrected chi connectivity index (χ2v) is 5.09. The molecule has 0 fully saturated rings. The monoisotopic (exact) mass is 299 g/mol. The molecule has 1 aromatic carbocycles. The number of nitriles is 1. The van der Waals surface area contributed by atoms with Crippen LogP contribution in [0.15, 0.2) is 18.2 Å². The summed E-state index contributed by atoms with van der Waals surface area (Å²) in [7, 11) is 0. The van der Waals surface area contributed by atoms with Crippen LogP contribution in [0.1, 0.15) is 57.1 Å². The first-order valence-electron chi connectivity index (χ1n) is 7.16. The van der Waals surface area contributed by atoms with E-state index in [2.05, 4.69) is 6.92 Å². The fourth-order valence-corrected chi connectivity index (χ4v) is 2.08. The molecule has 0 radical (unpaired) electrons. The molecule has 0 N–H and O–H groups in total. The van der Waals surface area contributed by atoms with Crippen molar-refractivity contribution in [3.05, 3.63) is 29.3 Å². The summed E-state index contributed by atoms with van der Waals surface area (Å²) in [5.74, 6) is 0.157. The second kappa shape index (κ2) is 7.92. The average molecular weight is 299 g/mol. The molecule has 0 spiro atoms. The minimum absolute atomic E-state index is 0.143. The summed E-state index contributed by atoms with van der Waals surface area (Å²) in [6.07, 6.45) is 0.511.